The molecule has 0 spiro atoms. The molecule has 1 amide bonds. The van der Waals surface area contributed by atoms with Gasteiger partial charge in [0.2, 0.25) is 0 Å². The van der Waals surface area contributed by atoms with Crippen molar-refractivity contribution in [1.82, 2.24) is 5.32 Å². The molecule has 0 radical (unpaired) electrons. The lowest BCUT2D eigenvalue weighted by Gasteiger charge is -2.34. The van der Waals surface area contributed by atoms with E-state index in [1.165, 1.54) is 24.2 Å². The van der Waals surface area contributed by atoms with E-state index in [1.54, 1.807) is 0 Å². The Balaban J connectivity index is 1.77. The van der Waals surface area contributed by atoms with Crippen molar-refractivity contribution in [1.29, 1.82) is 0 Å². The highest BCUT2D eigenvalue weighted by atomic mass is 32.1. The van der Waals surface area contributed by atoms with Crippen LogP contribution in [-0.4, -0.2) is 11.9 Å². The van der Waals surface area contributed by atoms with Crippen molar-refractivity contribution in [2.75, 3.05) is 5.73 Å². The predicted molar refractivity (Wildman–Crippen MR) is 89.7 cm³/mol. The second-order valence-electron chi connectivity index (χ2n) is 6.26. The quantitative estimate of drug-likeness (QED) is 0.823. The van der Waals surface area contributed by atoms with E-state index in [9.17, 15) is 4.79 Å². The molecule has 112 valence electrons. The second kappa shape index (κ2) is 5.68. The molecule has 0 bridgehead atoms. The van der Waals surface area contributed by atoms with E-state index in [4.69, 9.17) is 5.73 Å². The third kappa shape index (κ3) is 2.91. The summed E-state index contributed by atoms with van der Waals surface area (Å²) < 4.78 is 1.11. The molecule has 4 heteroatoms. The first kappa shape index (κ1) is 14.4. The fraction of sp³-hybridized carbons (Fsp3) is 0.471. The maximum atomic E-state index is 12.5. The number of hydrogen-bond donors (Lipinski definition) is 2. The maximum Gasteiger partial charge on any atom is 0.261 e. The summed E-state index contributed by atoms with van der Waals surface area (Å²) in [5.41, 5.74) is 6.53. The van der Waals surface area contributed by atoms with Gasteiger partial charge in [0.1, 0.15) is 0 Å². The molecule has 0 saturated heterocycles. The smallest absolute Gasteiger partial charge is 0.261 e. The number of nitrogens with one attached hydrogen (secondary N) is 1. The third-order valence-corrected chi connectivity index (χ3v) is 5.90. The summed E-state index contributed by atoms with van der Waals surface area (Å²) >= 11 is 1.54. The third-order valence-electron chi connectivity index (χ3n) is 4.79. The molecule has 3 rings (SSSR count). The molecule has 1 heterocycles. The van der Waals surface area contributed by atoms with Crippen molar-refractivity contribution < 1.29 is 4.79 Å². The normalized spacial score (nSPS) is 25.9. The molecule has 1 aromatic heterocycles. The van der Waals surface area contributed by atoms with Crippen LogP contribution in [0.3, 0.4) is 0 Å². The average molecular weight is 302 g/mol. The van der Waals surface area contributed by atoms with Crippen LogP contribution in [0.15, 0.2) is 24.3 Å². The summed E-state index contributed by atoms with van der Waals surface area (Å²) in [6.45, 7) is 4.53. The summed E-state index contributed by atoms with van der Waals surface area (Å²) in [5, 5.41) is 4.28. The number of anilines is 1. The minimum atomic E-state index is 0.0562. The fourth-order valence-electron chi connectivity index (χ4n) is 3.20. The predicted octanol–water partition coefficient (Wildman–Crippen LogP) is 4.04. The summed E-state index contributed by atoms with van der Waals surface area (Å²) in [6.07, 6.45) is 3.57. The van der Waals surface area contributed by atoms with Gasteiger partial charge in [-0.25, -0.2) is 0 Å². The van der Waals surface area contributed by atoms with E-state index < -0.39 is 0 Å². The minimum absolute atomic E-state index is 0.0562. The number of nitrogens with two attached hydrogens (primary N) is 1. The first-order chi connectivity index (χ1) is 10.0. The van der Waals surface area contributed by atoms with Gasteiger partial charge in [0.15, 0.2) is 0 Å². The van der Waals surface area contributed by atoms with Crippen LogP contribution in [0.1, 0.15) is 42.8 Å². The maximum absolute atomic E-state index is 12.5. The number of benzene rings is 1. The van der Waals surface area contributed by atoms with Gasteiger partial charge >= 0.3 is 0 Å². The van der Waals surface area contributed by atoms with Gasteiger partial charge in [-0.1, -0.05) is 26.7 Å². The van der Waals surface area contributed by atoms with Crippen LogP contribution in [0, 0.1) is 11.8 Å². The largest absolute Gasteiger partial charge is 0.399 e. The van der Waals surface area contributed by atoms with Gasteiger partial charge < -0.3 is 11.1 Å². The zero-order valence-corrected chi connectivity index (χ0v) is 13.4. The van der Waals surface area contributed by atoms with Crippen LogP contribution in [0.5, 0.6) is 0 Å². The van der Waals surface area contributed by atoms with Crippen LogP contribution >= 0.6 is 11.3 Å². The van der Waals surface area contributed by atoms with E-state index in [-0.39, 0.29) is 5.91 Å². The molecule has 1 saturated carbocycles. The van der Waals surface area contributed by atoms with E-state index >= 15 is 0 Å². The van der Waals surface area contributed by atoms with Crippen LogP contribution < -0.4 is 11.1 Å². The van der Waals surface area contributed by atoms with Crippen molar-refractivity contribution in [3.63, 3.8) is 0 Å². The van der Waals surface area contributed by atoms with Gasteiger partial charge in [-0.15, -0.1) is 11.3 Å². The van der Waals surface area contributed by atoms with Gasteiger partial charge in [0.05, 0.1) is 4.88 Å². The first-order valence-electron chi connectivity index (χ1n) is 7.64. The number of amides is 1. The highest BCUT2D eigenvalue weighted by Crippen LogP contribution is 2.31. The summed E-state index contributed by atoms with van der Waals surface area (Å²) in [6, 6.07) is 8.04. The molecular weight excluding hydrogens is 280 g/mol. The number of thiophene rings is 1. The van der Waals surface area contributed by atoms with E-state index in [1.807, 2.05) is 24.3 Å². The molecule has 2 aromatic rings. The Kier molecular flexibility index (Phi) is 3.89. The van der Waals surface area contributed by atoms with Crippen molar-refractivity contribution in [2.45, 2.75) is 39.2 Å². The van der Waals surface area contributed by atoms with E-state index in [0.717, 1.165) is 27.1 Å². The summed E-state index contributed by atoms with van der Waals surface area (Å²) in [4.78, 5) is 13.3. The topological polar surface area (TPSA) is 55.1 Å². The van der Waals surface area contributed by atoms with Crippen molar-refractivity contribution in [2.24, 2.45) is 11.8 Å². The Labute approximate surface area is 129 Å². The average Bonchev–Trinajstić information content (AvgIpc) is 2.87. The molecule has 21 heavy (non-hydrogen) atoms. The highest BCUT2D eigenvalue weighted by Gasteiger charge is 2.28. The molecule has 1 aromatic carbocycles. The van der Waals surface area contributed by atoms with Gasteiger partial charge in [0, 0.05) is 16.4 Å². The molecule has 3 unspecified atom stereocenters. The van der Waals surface area contributed by atoms with Gasteiger partial charge in [0.25, 0.3) is 5.91 Å². The van der Waals surface area contributed by atoms with E-state index in [2.05, 4.69) is 19.2 Å². The first-order valence-corrected chi connectivity index (χ1v) is 8.46. The number of carbonyl (C=O) groups is 1. The Morgan fingerprint density at radius 3 is 2.90 bits per heavy atom. The molecular formula is C17H22N2OS. The lowest BCUT2D eigenvalue weighted by molar-refractivity contribution is 0.0895. The molecule has 3 nitrogen and oxygen atoms in total. The molecule has 1 aliphatic rings. The lowest BCUT2D eigenvalue weighted by atomic mass is 9.78. The monoisotopic (exact) mass is 302 g/mol. The number of carbonyl (C=O) groups excluding carboxylic acids is 1. The van der Waals surface area contributed by atoms with Crippen molar-refractivity contribution >= 4 is 33.0 Å². The van der Waals surface area contributed by atoms with E-state index in [0.29, 0.717) is 17.9 Å². The van der Waals surface area contributed by atoms with Gasteiger partial charge in [-0.2, -0.15) is 0 Å². The van der Waals surface area contributed by atoms with Crippen molar-refractivity contribution in [3.8, 4) is 0 Å². The zero-order chi connectivity index (χ0) is 15.0. The SMILES string of the molecule is CC1CCCC(NC(=O)c2cc3cc(N)ccc3s2)C1C. The zero-order valence-electron chi connectivity index (χ0n) is 12.6. The lowest BCUT2D eigenvalue weighted by Crippen LogP contribution is -2.43. The molecule has 1 fully saturated rings. The van der Waals surface area contributed by atoms with Crippen LogP contribution in [-0.2, 0) is 0 Å². The molecule has 0 aliphatic heterocycles. The Bertz CT molecular complexity index is 664. The number of fused-ring (bicyclic) bond motifs is 1. The number of rotatable bonds is 2. The van der Waals surface area contributed by atoms with Gasteiger partial charge in [-0.3, -0.25) is 4.79 Å². The van der Waals surface area contributed by atoms with Crippen LogP contribution in [0.2, 0.25) is 0 Å². The highest BCUT2D eigenvalue weighted by molar-refractivity contribution is 7.20. The fourth-order valence-corrected chi connectivity index (χ4v) is 4.15. The Morgan fingerprint density at radius 1 is 1.29 bits per heavy atom. The Morgan fingerprint density at radius 2 is 2.10 bits per heavy atom. The number of hydrogen-bond acceptors (Lipinski definition) is 3. The number of nitrogen functional groups attached to an aromatic ring is 1. The molecule has 3 atom stereocenters. The minimum Gasteiger partial charge on any atom is -0.399 e. The van der Waals surface area contributed by atoms with Crippen LogP contribution in [0.4, 0.5) is 5.69 Å². The van der Waals surface area contributed by atoms with Crippen molar-refractivity contribution in [3.05, 3.63) is 29.1 Å². The molecule has 1 aliphatic carbocycles. The summed E-state index contributed by atoms with van der Waals surface area (Å²) in [5.74, 6) is 1.29. The Hall–Kier alpha value is -1.55. The molecule has 3 N–H and O–H groups in total. The van der Waals surface area contributed by atoms with Crippen LogP contribution in [0.25, 0.3) is 10.1 Å². The standard InChI is InChI=1S/C17H22N2OS/c1-10-4-3-5-14(11(10)2)19-17(20)16-9-12-8-13(18)6-7-15(12)21-16/h6-11,14H,3-5,18H2,1-2H3,(H,19,20). The summed E-state index contributed by atoms with van der Waals surface area (Å²) in [7, 11) is 0. The van der Waals surface area contributed by atoms with Gasteiger partial charge in [-0.05, 0) is 47.9 Å². The second-order valence-corrected chi connectivity index (χ2v) is 7.34.